The molecule has 4 nitrogen and oxygen atoms in total. The van der Waals surface area contributed by atoms with Gasteiger partial charge in [0.05, 0.1) is 4.90 Å². The molecule has 0 aromatic heterocycles. The highest BCUT2D eigenvalue weighted by molar-refractivity contribution is 7.89. The van der Waals surface area contributed by atoms with Gasteiger partial charge in [-0.1, -0.05) is 26.0 Å². The highest BCUT2D eigenvalue weighted by atomic mass is 32.2. The maximum Gasteiger partial charge on any atom is 0.243 e. The van der Waals surface area contributed by atoms with Gasteiger partial charge in [-0.3, -0.25) is 0 Å². The molecule has 102 valence electrons. The molecule has 0 saturated carbocycles. The predicted octanol–water partition coefficient (Wildman–Crippen LogP) is 1.74. The van der Waals surface area contributed by atoms with Gasteiger partial charge in [0.1, 0.15) is 0 Å². The van der Waals surface area contributed by atoms with Crippen LogP contribution in [-0.2, 0) is 16.6 Å². The summed E-state index contributed by atoms with van der Waals surface area (Å²) in [5, 5.41) is 3.03. The average Bonchev–Trinajstić information content (AvgIpc) is 2.33. The molecule has 0 aliphatic heterocycles. The van der Waals surface area contributed by atoms with Crippen molar-refractivity contribution in [3.05, 3.63) is 29.3 Å². The molecule has 0 aliphatic rings. The molecule has 0 radical (unpaired) electrons. The monoisotopic (exact) mass is 270 g/mol. The van der Waals surface area contributed by atoms with Crippen molar-refractivity contribution in [2.75, 3.05) is 20.1 Å². The topological polar surface area (TPSA) is 49.4 Å². The van der Waals surface area contributed by atoms with E-state index in [1.54, 1.807) is 6.07 Å². The van der Waals surface area contributed by atoms with Crippen LogP contribution in [0.25, 0.3) is 0 Å². The zero-order chi connectivity index (χ0) is 13.8. The minimum atomic E-state index is -3.37. The van der Waals surface area contributed by atoms with Gasteiger partial charge in [0.15, 0.2) is 0 Å². The summed E-state index contributed by atoms with van der Waals surface area (Å²) < 4.78 is 26.4. The van der Waals surface area contributed by atoms with Gasteiger partial charge in [-0.05, 0) is 31.2 Å². The van der Waals surface area contributed by atoms with E-state index in [9.17, 15) is 8.42 Å². The fourth-order valence-corrected chi connectivity index (χ4v) is 3.67. The van der Waals surface area contributed by atoms with Crippen molar-refractivity contribution in [2.45, 2.75) is 32.2 Å². The highest BCUT2D eigenvalue weighted by Crippen LogP contribution is 2.21. The summed E-state index contributed by atoms with van der Waals surface area (Å²) in [7, 11) is -1.52. The molecule has 1 aromatic rings. The second kappa shape index (κ2) is 6.31. The van der Waals surface area contributed by atoms with Crippen molar-refractivity contribution in [3.8, 4) is 0 Å². The zero-order valence-electron chi connectivity index (χ0n) is 11.5. The van der Waals surface area contributed by atoms with Gasteiger partial charge >= 0.3 is 0 Å². The Bertz CT molecular complexity index is 494. The first-order valence-corrected chi connectivity index (χ1v) is 7.65. The van der Waals surface area contributed by atoms with Crippen LogP contribution in [0.15, 0.2) is 23.1 Å². The van der Waals surface area contributed by atoms with Gasteiger partial charge in [-0.15, -0.1) is 0 Å². The largest absolute Gasteiger partial charge is 0.316 e. The third-order valence-corrected chi connectivity index (χ3v) is 5.15. The second-order valence-corrected chi connectivity index (χ2v) is 6.13. The quantitative estimate of drug-likeness (QED) is 0.856. The van der Waals surface area contributed by atoms with Crippen molar-refractivity contribution in [1.29, 1.82) is 0 Å². The van der Waals surface area contributed by atoms with Crippen LogP contribution in [0.3, 0.4) is 0 Å². The molecular weight excluding hydrogens is 248 g/mol. The number of benzene rings is 1. The molecule has 0 heterocycles. The first-order chi connectivity index (χ1) is 8.47. The summed E-state index contributed by atoms with van der Waals surface area (Å²) in [5.41, 5.74) is 1.77. The molecule has 0 fully saturated rings. The van der Waals surface area contributed by atoms with Crippen LogP contribution < -0.4 is 5.32 Å². The molecular formula is C13H22N2O2S. The first kappa shape index (κ1) is 15.1. The van der Waals surface area contributed by atoms with Crippen LogP contribution in [0.4, 0.5) is 0 Å². The van der Waals surface area contributed by atoms with Crippen LogP contribution in [-0.4, -0.2) is 32.9 Å². The molecule has 1 rings (SSSR count). The van der Waals surface area contributed by atoms with Gasteiger partial charge in [0, 0.05) is 19.6 Å². The standard InChI is InChI=1S/C13H22N2O2S/c1-5-15(6-2)18(16,17)13-9-12(10-14-4)8-7-11(13)3/h7-9,14H,5-6,10H2,1-4H3. The van der Waals surface area contributed by atoms with Crippen molar-refractivity contribution in [3.63, 3.8) is 0 Å². The van der Waals surface area contributed by atoms with Crippen LogP contribution in [0.2, 0.25) is 0 Å². The van der Waals surface area contributed by atoms with E-state index in [2.05, 4.69) is 5.32 Å². The van der Waals surface area contributed by atoms with Crippen LogP contribution >= 0.6 is 0 Å². The highest BCUT2D eigenvalue weighted by Gasteiger charge is 2.23. The van der Waals surface area contributed by atoms with Gasteiger partial charge in [0.2, 0.25) is 10.0 Å². The number of aryl methyl sites for hydroxylation is 1. The number of nitrogens with one attached hydrogen (secondary N) is 1. The van der Waals surface area contributed by atoms with E-state index in [0.29, 0.717) is 24.5 Å². The maximum atomic E-state index is 12.5. The summed E-state index contributed by atoms with van der Waals surface area (Å²) >= 11 is 0. The number of rotatable bonds is 6. The lowest BCUT2D eigenvalue weighted by Gasteiger charge is -2.20. The Morgan fingerprint density at radius 1 is 1.22 bits per heavy atom. The summed E-state index contributed by atoms with van der Waals surface area (Å²) in [6.07, 6.45) is 0. The molecule has 0 spiro atoms. The molecule has 0 saturated heterocycles. The van der Waals surface area contributed by atoms with Crippen molar-refractivity contribution in [1.82, 2.24) is 9.62 Å². The lowest BCUT2D eigenvalue weighted by molar-refractivity contribution is 0.444. The van der Waals surface area contributed by atoms with Crippen molar-refractivity contribution >= 4 is 10.0 Å². The number of nitrogens with zero attached hydrogens (tertiary/aromatic N) is 1. The fourth-order valence-electron chi connectivity index (χ4n) is 1.94. The van der Waals surface area contributed by atoms with E-state index in [-0.39, 0.29) is 0 Å². The Balaban J connectivity index is 3.26. The van der Waals surface area contributed by atoms with Crippen LogP contribution in [0.5, 0.6) is 0 Å². The second-order valence-electron chi connectivity index (χ2n) is 4.22. The average molecular weight is 270 g/mol. The Morgan fingerprint density at radius 2 is 1.83 bits per heavy atom. The van der Waals surface area contributed by atoms with E-state index < -0.39 is 10.0 Å². The summed E-state index contributed by atoms with van der Waals surface area (Å²) in [4.78, 5) is 0.416. The minimum Gasteiger partial charge on any atom is -0.316 e. The number of sulfonamides is 1. The van der Waals surface area contributed by atoms with Crippen LogP contribution in [0, 0.1) is 6.92 Å². The number of hydrogen-bond donors (Lipinski definition) is 1. The van der Waals surface area contributed by atoms with E-state index in [0.717, 1.165) is 11.1 Å². The van der Waals surface area contributed by atoms with E-state index in [1.165, 1.54) is 4.31 Å². The third kappa shape index (κ3) is 3.10. The van der Waals surface area contributed by atoms with E-state index >= 15 is 0 Å². The maximum absolute atomic E-state index is 12.5. The molecule has 1 aromatic carbocycles. The van der Waals surface area contributed by atoms with Crippen molar-refractivity contribution in [2.24, 2.45) is 0 Å². The summed E-state index contributed by atoms with van der Waals surface area (Å²) in [6.45, 7) is 7.20. The number of hydrogen-bond acceptors (Lipinski definition) is 3. The Morgan fingerprint density at radius 3 is 2.33 bits per heavy atom. The fraction of sp³-hybridized carbons (Fsp3) is 0.538. The third-order valence-electron chi connectivity index (χ3n) is 2.96. The zero-order valence-corrected chi connectivity index (χ0v) is 12.3. The van der Waals surface area contributed by atoms with Crippen LogP contribution in [0.1, 0.15) is 25.0 Å². The summed E-state index contributed by atoms with van der Waals surface area (Å²) in [5.74, 6) is 0. The van der Waals surface area contributed by atoms with Gasteiger partial charge in [-0.25, -0.2) is 8.42 Å². The normalized spacial score (nSPS) is 12.1. The molecule has 0 amide bonds. The lowest BCUT2D eigenvalue weighted by Crippen LogP contribution is -2.31. The molecule has 0 atom stereocenters. The van der Waals surface area contributed by atoms with Gasteiger partial charge < -0.3 is 5.32 Å². The van der Waals surface area contributed by atoms with E-state index in [1.807, 2.05) is 40.0 Å². The smallest absolute Gasteiger partial charge is 0.243 e. The summed E-state index contributed by atoms with van der Waals surface area (Å²) in [6, 6.07) is 5.58. The minimum absolute atomic E-state index is 0.416. The predicted molar refractivity (Wildman–Crippen MR) is 74.0 cm³/mol. The van der Waals surface area contributed by atoms with Gasteiger partial charge in [-0.2, -0.15) is 4.31 Å². The molecule has 0 unspecified atom stereocenters. The first-order valence-electron chi connectivity index (χ1n) is 6.21. The Hall–Kier alpha value is -0.910. The molecule has 5 heteroatoms. The molecule has 0 bridgehead atoms. The lowest BCUT2D eigenvalue weighted by atomic mass is 10.1. The molecule has 18 heavy (non-hydrogen) atoms. The van der Waals surface area contributed by atoms with Gasteiger partial charge in [0.25, 0.3) is 0 Å². The molecule has 1 N–H and O–H groups in total. The Kier molecular flexibility index (Phi) is 5.31. The molecule has 0 aliphatic carbocycles. The van der Waals surface area contributed by atoms with E-state index in [4.69, 9.17) is 0 Å². The Labute approximate surface area is 110 Å². The SMILES string of the molecule is CCN(CC)S(=O)(=O)c1cc(CNC)ccc1C. The van der Waals surface area contributed by atoms with Crippen molar-refractivity contribution < 1.29 is 8.42 Å².